The third-order valence-electron chi connectivity index (χ3n) is 3.38. The van der Waals surface area contributed by atoms with E-state index in [4.69, 9.17) is 0 Å². The zero-order chi connectivity index (χ0) is 17.7. The number of nitriles is 1. The molecule has 6 heteroatoms. The molecule has 0 heterocycles. The molecule has 24 heavy (non-hydrogen) atoms. The molecule has 0 radical (unpaired) electrons. The van der Waals surface area contributed by atoms with Crippen LogP contribution < -0.4 is 10.6 Å². The van der Waals surface area contributed by atoms with Crippen LogP contribution in [0.2, 0.25) is 0 Å². The van der Waals surface area contributed by atoms with Crippen LogP contribution in [-0.2, 0) is 4.79 Å². The molecule has 0 saturated heterocycles. The lowest BCUT2D eigenvalue weighted by molar-refractivity contribution is -0.112. The van der Waals surface area contributed by atoms with Gasteiger partial charge in [0.15, 0.2) is 0 Å². The average Bonchev–Trinajstić information content (AvgIpc) is 2.52. The molecule has 0 aliphatic heterocycles. The number of carbonyl (C=O) groups excluding carboxylic acids is 1. The van der Waals surface area contributed by atoms with E-state index in [-0.39, 0.29) is 11.3 Å². The number of aromatic hydroxyl groups is 1. The highest BCUT2D eigenvalue weighted by atomic mass is 79.9. The maximum absolute atomic E-state index is 12.2. The summed E-state index contributed by atoms with van der Waals surface area (Å²) in [7, 11) is 0. The third kappa shape index (κ3) is 4.37. The van der Waals surface area contributed by atoms with Gasteiger partial charge in [-0.05, 0) is 61.4 Å². The Bertz CT molecular complexity index is 854. The van der Waals surface area contributed by atoms with Crippen LogP contribution in [0.5, 0.6) is 5.75 Å². The number of benzene rings is 2. The van der Waals surface area contributed by atoms with Crippen LogP contribution >= 0.6 is 15.9 Å². The van der Waals surface area contributed by atoms with Gasteiger partial charge in [0.25, 0.3) is 5.91 Å². The maximum atomic E-state index is 12.2. The van der Waals surface area contributed by atoms with Crippen LogP contribution in [0.4, 0.5) is 11.4 Å². The number of rotatable bonds is 4. The normalized spacial score (nSPS) is 10.8. The molecule has 0 aromatic heterocycles. The Kier molecular flexibility index (Phi) is 5.61. The van der Waals surface area contributed by atoms with E-state index in [0.29, 0.717) is 11.3 Å². The predicted octanol–water partition coefficient (Wildman–Crippen LogP) is 4.23. The van der Waals surface area contributed by atoms with Crippen molar-refractivity contribution in [1.29, 1.82) is 5.26 Å². The van der Waals surface area contributed by atoms with Crippen LogP contribution in [0.3, 0.4) is 0 Å². The van der Waals surface area contributed by atoms with Crippen LogP contribution in [0, 0.1) is 25.2 Å². The lowest BCUT2D eigenvalue weighted by Gasteiger charge is -2.09. The SMILES string of the molecule is Cc1cc(Br)ccc1N/C=C(/C#N)C(=O)Nc1ccc(O)cc1C. The summed E-state index contributed by atoms with van der Waals surface area (Å²) in [5, 5.41) is 24.2. The van der Waals surface area contributed by atoms with Gasteiger partial charge in [-0.3, -0.25) is 4.79 Å². The van der Waals surface area contributed by atoms with Crippen LogP contribution in [0.1, 0.15) is 11.1 Å². The van der Waals surface area contributed by atoms with Gasteiger partial charge in [-0.15, -0.1) is 0 Å². The van der Waals surface area contributed by atoms with Crippen molar-refractivity contribution in [3.05, 3.63) is 63.8 Å². The van der Waals surface area contributed by atoms with E-state index in [1.54, 1.807) is 13.0 Å². The van der Waals surface area contributed by atoms with Crippen LogP contribution in [-0.4, -0.2) is 11.0 Å². The molecule has 2 rings (SSSR count). The first-order valence-electron chi connectivity index (χ1n) is 7.14. The van der Waals surface area contributed by atoms with Crippen molar-refractivity contribution in [3.8, 4) is 11.8 Å². The molecule has 0 fully saturated rings. The van der Waals surface area contributed by atoms with E-state index in [1.807, 2.05) is 31.2 Å². The second-order valence-corrected chi connectivity index (χ2v) is 6.14. The van der Waals surface area contributed by atoms with Gasteiger partial charge in [0, 0.05) is 22.0 Å². The number of halogens is 1. The summed E-state index contributed by atoms with van der Waals surface area (Å²) in [4.78, 5) is 12.2. The summed E-state index contributed by atoms with van der Waals surface area (Å²) in [6.07, 6.45) is 1.38. The van der Waals surface area contributed by atoms with Gasteiger partial charge in [0.2, 0.25) is 0 Å². The Morgan fingerprint density at radius 1 is 1.17 bits per heavy atom. The topological polar surface area (TPSA) is 85.2 Å². The second kappa shape index (κ2) is 7.66. The van der Waals surface area contributed by atoms with Crippen molar-refractivity contribution in [2.24, 2.45) is 0 Å². The molecular weight excluding hydrogens is 370 g/mol. The fourth-order valence-electron chi connectivity index (χ4n) is 2.07. The zero-order valence-corrected chi connectivity index (χ0v) is 14.8. The lowest BCUT2D eigenvalue weighted by Crippen LogP contribution is -2.15. The Morgan fingerprint density at radius 3 is 2.46 bits per heavy atom. The monoisotopic (exact) mass is 385 g/mol. The number of phenols is 1. The molecule has 0 bridgehead atoms. The summed E-state index contributed by atoms with van der Waals surface area (Å²) in [6.45, 7) is 3.68. The summed E-state index contributed by atoms with van der Waals surface area (Å²) in [6, 6.07) is 12.1. The molecule has 0 spiro atoms. The number of nitrogens with one attached hydrogen (secondary N) is 2. The van der Waals surface area contributed by atoms with Crippen LogP contribution in [0.15, 0.2) is 52.6 Å². The molecule has 1 amide bonds. The first-order chi connectivity index (χ1) is 11.4. The summed E-state index contributed by atoms with van der Waals surface area (Å²) in [5.41, 5.74) is 2.98. The fourth-order valence-corrected chi connectivity index (χ4v) is 2.54. The third-order valence-corrected chi connectivity index (χ3v) is 3.88. The molecule has 0 aliphatic rings. The number of aryl methyl sites for hydroxylation is 2. The molecule has 0 unspecified atom stereocenters. The van der Waals surface area contributed by atoms with Crippen molar-refractivity contribution in [1.82, 2.24) is 0 Å². The summed E-state index contributed by atoms with van der Waals surface area (Å²) < 4.78 is 0.954. The highest BCUT2D eigenvalue weighted by Gasteiger charge is 2.11. The highest BCUT2D eigenvalue weighted by Crippen LogP contribution is 2.22. The van der Waals surface area contributed by atoms with Gasteiger partial charge in [0.1, 0.15) is 17.4 Å². The molecule has 0 aliphatic carbocycles. The quantitative estimate of drug-likeness (QED) is 0.417. The standard InChI is InChI=1S/C18H16BrN3O2/c1-11-7-14(19)3-5-16(11)21-10-13(9-20)18(24)22-17-6-4-15(23)8-12(17)2/h3-8,10,21,23H,1-2H3,(H,22,24)/b13-10-. The van der Waals surface area contributed by atoms with E-state index in [2.05, 4.69) is 26.6 Å². The number of amides is 1. The molecule has 122 valence electrons. The van der Waals surface area contributed by atoms with Gasteiger partial charge in [-0.1, -0.05) is 15.9 Å². The first-order valence-corrected chi connectivity index (χ1v) is 7.94. The Labute approximate surface area is 148 Å². The first kappa shape index (κ1) is 17.6. The smallest absolute Gasteiger partial charge is 0.267 e. The number of hydrogen-bond acceptors (Lipinski definition) is 4. The summed E-state index contributed by atoms with van der Waals surface area (Å²) >= 11 is 3.38. The number of nitrogens with zero attached hydrogens (tertiary/aromatic N) is 1. The zero-order valence-electron chi connectivity index (χ0n) is 13.2. The van der Waals surface area contributed by atoms with E-state index in [9.17, 15) is 15.2 Å². The van der Waals surface area contributed by atoms with E-state index in [1.165, 1.54) is 18.3 Å². The Morgan fingerprint density at radius 2 is 1.83 bits per heavy atom. The van der Waals surface area contributed by atoms with Crippen molar-refractivity contribution < 1.29 is 9.90 Å². The minimum atomic E-state index is -0.520. The predicted molar refractivity (Wildman–Crippen MR) is 97.7 cm³/mol. The number of phenolic OH excluding ortho intramolecular Hbond substituents is 1. The number of anilines is 2. The van der Waals surface area contributed by atoms with Crippen LogP contribution in [0.25, 0.3) is 0 Å². The number of hydrogen-bond donors (Lipinski definition) is 3. The summed E-state index contributed by atoms with van der Waals surface area (Å²) in [5.74, 6) is -0.400. The molecule has 0 saturated carbocycles. The minimum Gasteiger partial charge on any atom is -0.508 e. The van der Waals surface area contributed by atoms with Crippen molar-refractivity contribution in [2.45, 2.75) is 13.8 Å². The fraction of sp³-hybridized carbons (Fsp3) is 0.111. The van der Waals surface area contributed by atoms with E-state index in [0.717, 1.165) is 15.7 Å². The van der Waals surface area contributed by atoms with Crippen molar-refractivity contribution >= 4 is 33.2 Å². The molecular formula is C18H16BrN3O2. The van der Waals surface area contributed by atoms with E-state index < -0.39 is 5.91 Å². The lowest BCUT2D eigenvalue weighted by atomic mass is 10.1. The maximum Gasteiger partial charge on any atom is 0.267 e. The Hall–Kier alpha value is -2.78. The van der Waals surface area contributed by atoms with Gasteiger partial charge in [0.05, 0.1) is 0 Å². The largest absolute Gasteiger partial charge is 0.508 e. The molecule has 5 nitrogen and oxygen atoms in total. The Balaban J connectivity index is 2.15. The average molecular weight is 386 g/mol. The second-order valence-electron chi connectivity index (χ2n) is 5.23. The molecule has 0 atom stereocenters. The molecule has 2 aromatic rings. The van der Waals surface area contributed by atoms with Crippen molar-refractivity contribution in [2.75, 3.05) is 10.6 Å². The number of carbonyl (C=O) groups is 1. The van der Waals surface area contributed by atoms with Gasteiger partial charge >= 0.3 is 0 Å². The van der Waals surface area contributed by atoms with E-state index >= 15 is 0 Å². The van der Waals surface area contributed by atoms with Gasteiger partial charge < -0.3 is 15.7 Å². The molecule has 3 N–H and O–H groups in total. The molecule has 2 aromatic carbocycles. The van der Waals surface area contributed by atoms with Gasteiger partial charge in [-0.2, -0.15) is 5.26 Å². The van der Waals surface area contributed by atoms with Gasteiger partial charge in [-0.25, -0.2) is 0 Å². The highest BCUT2D eigenvalue weighted by molar-refractivity contribution is 9.10. The van der Waals surface area contributed by atoms with Crippen molar-refractivity contribution in [3.63, 3.8) is 0 Å². The minimum absolute atomic E-state index is 0.0511.